The third-order valence-electron chi connectivity index (χ3n) is 4.16. The average molecular weight is 294 g/mol. The molecule has 1 unspecified atom stereocenters. The normalized spacial score (nSPS) is 20.0. The lowest BCUT2D eigenvalue weighted by atomic mass is 10.1. The summed E-state index contributed by atoms with van der Waals surface area (Å²) in [6.45, 7) is 5.09. The van der Waals surface area contributed by atoms with E-state index in [-0.39, 0.29) is 11.4 Å². The molecule has 2 rings (SSSR count). The second-order valence-corrected chi connectivity index (χ2v) is 5.42. The van der Waals surface area contributed by atoms with Gasteiger partial charge in [-0.25, -0.2) is 4.39 Å². The summed E-state index contributed by atoms with van der Waals surface area (Å²) in [5.74, 6) is -0.679. The zero-order valence-electron chi connectivity index (χ0n) is 12.6. The van der Waals surface area contributed by atoms with Gasteiger partial charge in [0.2, 0.25) is 0 Å². The fourth-order valence-electron chi connectivity index (χ4n) is 3.07. The quantitative estimate of drug-likeness (QED) is 0.376. The first-order valence-corrected chi connectivity index (χ1v) is 7.30. The number of nitrogens with zero attached hydrogens (tertiary/aromatic N) is 3. The minimum atomic E-state index is -0.478. The molecule has 1 heterocycles. The fraction of sp³-hybridized carbons (Fsp3) is 0.533. The zero-order chi connectivity index (χ0) is 15.4. The molecule has 0 aliphatic carbocycles. The molecule has 21 heavy (non-hydrogen) atoms. The first-order valence-electron chi connectivity index (χ1n) is 7.30. The molecule has 0 aromatic heterocycles. The van der Waals surface area contributed by atoms with E-state index in [4.69, 9.17) is 10.9 Å². The van der Waals surface area contributed by atoms with Crippen molar-refractivity contribution in [2.75, 3.05) is 31.6 Å². The number of likely N-dealkylation sites (N-methyl/N-ethyl adjacent to an activating group) is 2. The van der Waals surface area contributed by atoms with Crippen molar-refractivity contribution < 1.29 is 9.60 Å². The lowest BCUT2D eigenvalue weighted by molar-refractivity contribution is 0.270. The van der Waals surface area contributed by atoms with Crippen molar-refractivity contribution in [3.63, 3.8) is 0 Å². The summed E-state index contributed by atoms with van der Waals surface area (Å²) in [5.41, 5.74) is 6.42. The van der Waals surface area contributed by atoms with E-state index in [1.165, 1.54) is 12.5 Å². The molecule has 0 amide bonds. The molecule has 116 valence electrons. The number of nitrogens with two attached hydrogens (primary N) is 1. The molecule has 1 fully saturated rings. The lowest BCUT2D eigenvalue weighted by Crippen LogP contribution is -2.39. The highest BCUT2D eigenvalue weighted by Gasteiger charge is 2.25. The molecule has 0 spiro atoms. The molecule has 1 aliphatic heterocycles. The van der Waals surface area contributed by atoms with Crippen molar-refractivity contribution in [2.24, 2.45) is 10.9 Å². The van der Waals surface area contributed by atoms with E-state index in [1.807, 2.05) is 11.9 Å². The predicted octanol–water partition coefficient (Wildman–Crippen LogP) is 1.84. The Morgan fingerprint density at radius 2 is 2.33 bits per heavy atom. The van der Waals surface area contributed by atoms with Crippen LogP contribution >= 0.6 is 0 Å². The SMILES string of the molecule is CCN1CCCC1CN(C)c1cccc(F)c1C(N)=NO. The molecule has 3 N–H and O–H groups in total. The molecular weight excluding hydrogens is 271 g/mol. The number of benzene rings is 1. The Labute approximate surface area is 124 Å². The first kappa shape index (κ1) is 15.6. The van der Waals surface area contributed by atoms with E-state index in [2.05, 4.69) is 17.0 Å². The van der Waals surface area contributed by atoms with E-state index in [0.717, 1.165) is 26.1 Å². The van der Waals surface area contributed by atoms with Crippen LogP contribution in [0.5, 0.6) is 0 Å². The summed E-state index contributed by atoms with van der Waals surface area (Å²) >= 11 is 0. The highest BCUT2D eigenvalue weighted by Crippen LogP contribution is 2.25. The Hall–Kier alpha value is -1.82. The molecule has 1 aromatic rings. The Morgan fingerprint density at radius 1 is 1.57 bits per heavy atom. The number of anilines is 1. The Morgan fingerprint density at radius 3 is 3.00 bits per heavy atom. The predicted molar refractivity (Wildman–Crippen MR) is 82.4 cm³/mol. The summed E-state index contributed by atoms with van der Waals surface area (Å²) in [6, 6.07) is 5.21. The first-order chi connectivity index (χ1) is 10.1. The Kier molecular flexibility index (Phi) is 5.01. The van der Waals surface area contributed by atoms with Gasteiger partial charge in [-0.1, -0.05) is 18.1 Å². The minimum absolute atomic E-state index is 0.156. The summed E-state index contributed by atoms with van der Waals surface area (Å²) < 4.78 is 14.0. The van der Waals surface area contributed by atoms with Crippen LogP contribution < -0.4 is 10.6 Å². The highest BCUT2D eigenvalue weighted by molar-refractivity contribution is 6.02. The summed E-state index contributed by atoms with van der Waals surface area (Å²) in [6.07, 6.45) is 2.34. The van der Waals surface area contributed by atoms with E-state index in [1.54, 1.807) is 12.1 Å². The molecule has 5 nitrogen and oxygen atoms in total. The number of hydrogen-bond acceptors (Lipinski definition) is 4. The van der Waals surface area contributed by atoms with Crippen molar-refractivity contribution >= 4 is 11.5 Å². The number of likely N-dealkylation sites (tertiary alicyclic amines) is 1. The van der Waals surface area contributed by atoms with Gasteiger partial charge in [0.25, 0.3) is 0 Å². The van der Waals surface area contributed by atoms with Crippen LogP contribution in [0.4, 0.5) is 10.1 Å². The number of hydrogen-bond donors (Lipinski definition) is 2. The van der Waals surface area contributed by atoms with Gasteiger partial charge < -0.3 is 15.8 Å². The van der Waals surface area contributed by atoms with Gasteiger partial charge in [-0.2, -0.15) is 0 Å². The summed E-state index contributed by atoms with van der Waals surface area (Å²) in [4.78, 5) is 4.41. The maximum absolute atomic E-state index is 14.0. The van der Waals surface area contributed by atoms with Crippen LogP contribution in [0, 0.1) is 5.82 Å². The number of halogens is 1. The van der Waals surface area contributed by atoms with E-state index in [9.17, 15) is 4.39 Å². The Balaban J connectivity index is 2.23. The minimum Gasteiger partial charge on any atom is -0.409 e. The van der Waals surface area contributed by atoms with Crippen molar-refractivity contribution in [2.45, 2.75) is 25.8 Å². The smallest absolute Gasteiger partial charge is 0.175 e. The van der Waals surface area contributed by atoms with Crippen molar-refractivity contribution in [1.82, 2.24) is 4.90 Å². The average Bonchev–Trinajstić information content (AvgIpc) is 2.93. The van der Waals surface area contributed by atoms with E-state index < -0.39 is 5.82 Å². The van der Waals surface area contributed by atoms with Crippen LogP contribution in [-0.4, -0.2) is 48.7 Å². The van der Waals surface area contributed by atoms with Crippen molar-refractivity contribution in [3.8, 4) is 0 Å². The zero-order valence-corrected chi connectivity index (χ0v) is 12.6. The maximum atomic E-state index is 14.0. The second-order valence-electron chi connectivity index (χ2n) is 5.42. The van der Waals surface area contributed by atoms with Gasteiger partial charge in [-0.05, 0) is 38.1 Å². The number of amidine groups is 1. The van der Waals surface area contributed by atoms with Gasteiger partial charge in [0.1, 0.15) is 5.82 Å². The molecule has 1 saturated heterocycles. The molecule has 1 aromatic carbocycles. The van der Waals surface area contributed by atoms with Crippen LogP contribution in [0.15, 0.2) is 23.4 Å². The van der Waals surface area contributed by atoms with Crippen LogP contribution in [-0.2, 0) is 0 Å². The fourth-order valence-corrected chi connectivity index (χ4v) is 3.07. The summed E-state index contributed by atoms with van der Waals surface area (Å²) in [5, 5.41) is 11.8. The third kappa shape index (κ3) is 3.26. The van der Waals surface area contributed by atoms with Gasteiger partial charge in [0.15, 0.2) is 5.84 Å². The highest BCUT2D eigenvalue weighted by atomic mass is 19.1. The monoisotopic (exact) mass is 294 g/mol. The second kappa shape index (κ2) is 6.76. The van der Waals surface area contributed by atoms with Gasteiger partial charge in [-0.15, -0.1) is 0 Å². The van der Waals surface area contributed by atoms with Gasteiger partial charge in [0, 0.05) is 19.6 Å². The number of oxime groups is 1. The van der Waals surface area contributed by atoms with Crippen LogP contribution in [0.2, 0.25) is 0 Å². The van der Waals surface area contributed by atoms with E-state index in [0.29, 0.717) is 11.7 Å². The molecule has 0 bridgehead atoms. The topological polar surface area (TPSA) is 65.1 Å². The van der Waals surface area contributed by atoms with Crippen LogP contribution in [0.25, 0.3) is 0 Å². The number of rotatable bonds is 5. The lowest BCUT2D eigenvalue weighted by Gasteiger charge is -2.30. The molecular formula is C15H23FN4O. The molecule has 1 aliphatic rings. The standard InChI is InChI=1S/C15H23FN4O/c1-3-20-9-5-6-11(20)10-19(2)13-8-4-7-12(16)14(13)15(17)18-21/h4,7-8,11,21H,3,5-6,9-10H2,1-2H3,(H2,17,18). The van der Waals surface area contributed by atoms with Gasteiger partial charge in [0.05, 0.1) is 11.3 Å². The maximum Gasteiger partial charge on any atom is 0.175 e. The Bertz CT molecular complexity index is 520. The van der Waals surface area contributed by atoms with Crippen LogP contribution in [0.3, 0.4) is 0 Å². The molecule has 6 heteroatoms. The van der Waals surface area contributed by atoms with Crippen LogP contribution in [0.1, 0.15) is 25.3 Å². The van der Waals surface area contributed by atoms with Gasteiger partial charge >= 0.3 is 0 Å². The van der Waals surface area contributed by atoms with E-state index >= 15 is 0 Å². The van der Waals surface area contributed by atoms with Gasteiger partial charge in [-0.3, -0.25) is 4.90 Å². The molecule has 0 saturated carbocycles. The molecule has 1 atom stereocenters. The van der Waals surface area contributed by atoms with Crippen molar-refractivity contribution in [1.29, 1.82) is 0 Å². The van der Waals surface area contributed by atoms with Crippen molar-refractivity contribution in [3.05, 3.63) is 29.6 Å². The summed E-state index contributed by atoms with van der Waals surface area (Å²) in [7, 11) is 1.91. The molecule has 0 radical (unpaired) electrons. The largest absolute Gasteiger partial charge is 0.409 e. The third-order valence-corrected chi connectivity index (χ3v) is 4.16.